The van der Waals surface area contributed by atoms with Crippen LogP contribution in [-0.4, -0.2) is 32.8 Å². The summed E-state index contributed by atoms with van der Waals surface area (Å²) in [4.78, 5) is 9.55. The van der Waals surface area contributed by atoms with Gasteiger partial charge in [0.15, 0.2) is 0 Å². The minimum Gasteiger partial charge on any atom is -0.317 e. The van der Waals surface area contributed by atoms with Crippen LogP contribution in [0, 0.1) is 6.92 Å². The predicted octanol–water partition coefficient (Wildman–Crippen LogP) is 4.02. The molecule has 0 spiro atoms. The van der Waals surface area contributed by atoms with E-state index in [1.807, 2.05) is 29.3 Å². The molecular weight excluding hydrogens is 342 g/mol. The molecule has 26 heavy (non-hydrogen) atoms. The van der Waals surface area contributed by atoms with Crippen LogP contribution in [0.25, 0.3) is 32.4 Å². The molecule has 1 aromatic carbocycles. The van der Waals surface area contributed by atoms with Gasteiger partial charge in [0.1, 0.15) is 0 Å². The first kappa shape index (κ1) is 15.9. The number of hydrogen-bond acceptors (Lipinski definition) is 5. The Bertz CT molecular complexity index is 1100. The van der Waals surface area contributed by atoms with Crippen LogP contribution in [0.1, 0.15) is 29.3 Å². The highest BCUT2D eigenvalue weighted by Crippen LogP contribution is 2.34. The standard InChI is InChI=1S/C20H21N5S/c1-12-7-14(8-15-11-25(2)24-19(12)15)16-9-18-17(10-22-16)23-20(26-18)13-3-5-21-6-4-13/h7-11,13,21H,3-6H2,1-2H3. The van der Waals surface area contributed by atoms with Crippen molar-refractivity contribution >= 4 is 32.5 Å². The number of nitrogens with one attached hydrogen (secondary N) is 1. The topological polar surface area (TPSA) is 55.6 Å². The fourth-order valence-electron chi connectivity index (χ4n) is 3.83. The Balaban J connectivity index is 1.56. The van der Waals surface area contributed by atoms with Crippen molar-refractivity contribution in [3.05, 3.63) is 41.2 Å². The van der Waals surface area contributed by atoms with Gasteiger partial charge in [-0.3, -0.25) is 9.67 Å². The van der Waals surface area contributed by atoms with Gasteiger partial charge in [0.25, 0.3) is 0 Å². The van der Waals surface area contributed by atoms with Crippen LogP contribution >= 0.6 is 11.3 Å². The van der Waals surface area contributed by atoms with Gasteiger partial charge in [-0.25, -0.2) is 4.98 Å². The number of thiazole rings is 1. The Morgan fingerprint density at radius 3 is 2.88 bits per heavy atom. The number of aryl methyl sites for hydroxylation is 2. The van der Waals surface area contributed by atoms with Crippen LogP contribution in [0.15, 0.2) is 30.6 Å². The molecule has 1 N–H and O–H groups in total. The van der Waals surface area contributed by atoms with E-state index in [0.717, 1.165) is 40.8 Å². The van der Waals surface area contributed by atoms with Crippen molar-refractivity contribution in [2.45, 2.75) is 25.7 Å². The van der Waals surface area contributed by atoms with Crippen molar-refractivity contribution in [1.82, 2.24) is 25.1 Å². The second kappa shape index (κ2) is 6.14. The smallest absolute Gasteiger partial charge is 0.0999 e. The lowest BCUT2D eigenvalue weighted by Crippen LogP contribution is -2.26. The molecule has 6 heteroatoms. The molecule has 0 amide bonds. The molecule has 132 valence electrons. The number of nitrogens with zero attached hydrogens (tertiary/aromatic N) is 4. The summed E-state index contributed by atoms with van der Waals surface area (Å²) < 4.78 is 3.10. The second-order valence-electron chi connectivity index (χ2n) is 7.15. The molecule has 3 aromatic heterocycles. The van der Waals surface area contributed by atoms with E-state index in [2.05, 4.69) is 41.7 Å². The van der Waals surface area contributed by atoms with Crippen LogP contribution in [0.3, 0.4) is 0 Å². The maximum Gasteiger partial charge on any atom is 0.0999 e. The quantitative estimate of drug-likeness (QED) is 0.584. The van der Waals surface area contributed by atoms with E-state index >= 15 is 0 Å². The second-order valence-corrected chi connectivity index (χ2v) is 8.21. The van der Waals surface area contributed by atoms with Crippen molar-refractivity contribution in [2.75, 3.05) is 13.1 Å². The zero-order valence-corrected chi connectivity index (χ0v) is 15.8. The molecule has 5 nitrogen and oxygen atoms in total. The Hall–Kier alpha value is -2.31. The number of rotatable bonds is 2. The first-order chi connectivity index (χ1) is 12.7. The van der Waals surface area contributed by atoms with Crippen molar-refractivity contribution in [3.63, 3.8) is 0 Å². The molecule has 0 unspecified atom stereocenters. The van der Waals surface area contributed by atoms with Crippen molar-refractivity contribution in [3.8, 4) is 11.3 Å². The molecule has 1 saturated heterocycles. The third kappa shape index (κ3) is 2.70. The summed E-state index contributed by atoms with van der Waals surface area (Å²) in [5, 5.41) is 10.4. The maximum absolute atomic E-state index is 4.86. The first-order valence-corrected chi connectivity index (χ1v) is 9.90. The summed E-state index contributed by atoms with van der Waals surface area (Å²) in [5.74, 6) is 0.589. The van der Waals surface area contributed by atoms with Crippen LogP contribution in [0.2, 0.25) is 0 Å². The van der Waals surface area contributed by atoms with Crippen LogP contribution in [0.4, 0.5) is 0 Å². The summed E-state index contributed by atoms with van der Waals surface area (Å²) in [6.07, 6.45) is 6.34. The maximum atomic E-state index is 4.86. The lowest BCUT2D eigenvalue weighted by molar-refractivity contribution is 0.459. The molecular formula is C20H21N5S. The lowest BCUT2D eigenvalue weighted by atomic mass is 9.99. The zero-order valence-electron chi connectivity index (χ0n) is 15.0. The van der Waals surface area contributed by atoms with Crippen molar-refractivity contribution in [1.29, 1.82) is 0 Å². The summed E-state index contributed by atoms with van der Waals surface area (Å²) >= 11 is 1.83. The van der Waals surface area contributed by atoms with E-state index in [4.69, 9.17) is 9.97 Å². The van der Waals surface area contributed by atoms with E-state index in [1.54, 1.807) is 0 Å². The molecule has 0 saturated carbocycles. The van der Waals surface area contributed by atoms with Crippen molar-refractivity contribution in [2.24, 2.45) is 7.05 Å². The average Bonchev–Trinajstić information content (AvgIpc) is 3.24. The Kier molecular flexibility index (Phi) is 3.76. The molecule has 4 aromatic rings. The van der Waals surface area contributed by atoms with Gasteiger partial charge in [0.05, 0.1) is 32.6 Å². The Morgan fingerprint density at radius 2 is 2.04 bits per heavy atom. The van der Waals surface area contributed by atoms with E-state index in [1.165, 1.54) is 28.1 Å². The number of hydrogen-bond donors (Lipinski definition) is 1. The van der Waals surface area contributed by atoms with E-state index < -0.39 is 0 Å². The van der Waals surface area contributed by atoms with Gasteiger partial charge in [-0.2, -0.15) is 5.10 Å². The number of fused-ring (bicyclic) bond motifs is 2. The average molecular weight is 363 g/mol. The van der Waals surface area contributed by atoms with Gasteiger partial charge < -0.3 is 5.32 Å². The molecule has 1 fully saturated rings. The summed E-state index contributed by atoms with van der Waals surface area (Å²) in [7, 11) is 1.96. The van der Waals surface area contributed by atoms with Crippen LogP contribution in [-0.2, 0) is 7.05 Å². The highest BCUT2D eigenvalue weighted by molar-refractivity contribution is 7.18. The summed E-state index contributed by atoms with van der Waals surface area (Å²) in [5.41, 5.74) is 5.41. The first-order valence-electron chi connectivity index (χ1n) is 9.09. The number of piperidine rings is 1. The fraction of sp³-hybridized carbons (Fsp3) is 0.350. The van der Waals surface area contributed by atoms with Gasteiger partial charge >= 0.3 is 0 Å². The highest BCUT2D eigenvalue weighted by atomic mass is 32.1. The summed E-state index contributed by atoms with van der Waals surface area (Å²) in [6, 6.07) is 6.55. The monoisotopic (exact) mass is 363 g/mol. The normalized spacial score (nSPS) is 15.9. The van der Waals surface area contributed by atoms with Crippen molar-refractivity contribution < 1.29 is 0 Å². The summed E-state index contributed by atoms with van der Waals surface area (Å²) in [6.45, 7) is 4.29. The third-order valence-electron chi connectivity index (χ3n) is 5.19. The zero-order chi connectivity index (χ0) is 17.7. The molecule has 4 heterocycles. The van der Waals surface area contributed by atoms with E-state index in [9.17, 15) is 0 Å². The SMILES string of the molecule is Cc1cc(-c2cc3sc(C4CCNCC4)nc3cn2)cc2cn(C)nc12. The molecule has 1 aliphatic heterocycles. The van der Waals surface area contributed by atoms with Gasteiger partial charge in [-0.1, -0.05) is 0 Å². The molecule has 0 aliphatic carbocycles. The van der Waals surface area contributed by atoms with E-state index in [-0.39, 0.29) is 0 Å². The van der Waals surface area contributed by atoms with Gasteiger partial charge in [-0.05, 0) is 56.6 Å². The fourth-order valence-corrected chi connectivity index (χ4v) is 4.97. The number of pyridine rings is 1. The number of aromatic nitrogens is 4. The van der Waals surface area contributed by atoms with E-state index in [0.29, 0.717) is 5.92 Å². The highest BCUT2D eigenvalue weighted by Gasteiger charge is 2.19. The van der Waals surface area contributed by atoms with Gasteiger partial charge in [0.2, 0.25) is 0 Å². The lowest BCUT2D eigenvalue weighted by Gasteiger charge is -2.20. The molecule has 1 aliphatic rings. The van der Waals surface area contributed by atoms with Crippen LogP contribution < -0.4 is 5.32 Å². The molecule has 0 bridgehead atoms. The largest absolute Gasteiger partial charge is 0.317 e. The molecule has 0 radical (unpaired) electrons. The predicted molar refractivity (Wildman–Crippen MR) is 107 cm³/mol. The Labute approximate surface area is 156 Å². The van der Waals surface area contributed by atoms with Gasteiger partial charge in [0, 0.05) is 30.1 Å². The Morgan fingerprint density at radius 1 is 1.19 bits per heavy atom. The molecule has 5 rings (SSSR count). The minimum absolute atomic E-state index is 0.589. The molecule has 0 atom stereocenters. The third-order valence-corrected chi connectivity index (χ3v) is 6.37. The minimum atomic E-state index is 0.589. The number of benzene rings is 1. The van der Waals surface area contributed by atoms with Crippen LogP contribution in [0.5, 0.6) is 0 Å². The van der Waals surface area contributed by atoms with Gasteiger partial charge in [-0.15, -0.1) is 11.3 Å².